The van der Waals surface area contributed by atoms with E-state index in [0.29, 0.717) is 6.54 Å². The third kappa shape index (κ3) is 9.00. The number of phenols is 1. The maximum absolute atomic E-state index is 14.4. The van der Waals surface area contributed by atoms with Crippen LogP contribution in [0.4, 0.5) is 4.79 Å². The second-order valence-electron chi connectivity index (χ2n) is 11.8. The minimum atomic E-state index is -0.972. The average molecular weight is 552 g/mol. The van der Waals surface area contributed by atoms with Crippen LogP contribution in [0.25, 0.3) is 0 Å². The van der Waals surface area contributed by atoms with Gasteiger partial charge in [-0.05, 0) is 82.7 Å². The lowest BCUT2D eigenvalue weighted by molar-refractivity contribution is -0.143. The Kier molecular flexibility index (Phi) is 10.6. The summed E-state index contributed by atoms with van der Waals surface area (Å²) in [5.41, 5.74) is 2.73. The van der Waals surface area contributed by atoms with Gasteiger partial charge in [-0.2, -0.15) is 0 Å². The second kappa shape index (κ2) is 13.7. The summed E-state index contributed by atoms with van der Waals surface area (Å²) in [7, 11) is 0. The number of aryl methyl sites for hydroxylation is 2. The van der Waals surface area contributed by atoms with Crippen LogP contribution in [0.1, 0.15) is 88.1 Å². The van der Waals surface area contributed by atoms with E-state index in [1.165, 1.54) is 0 Å². The average Bonchev–Trinajstić information content (AvgIpc) is 3.71. The van der Waals surface area contributed by atoms with Gasteiger partial charge in [0.2, 0.25) is 11.8 Å². The first-order chi connectivity index (χ1) is 18.9. The summed E-state index contributed by atoms with van der Waals surface area (Å²) in [6.07, 6.45) is 3.96. The van der Waals surface area contributed by atoms with Gasteiger partial charge in [0, 0.05) is 19.0 Å². The van der Waals surface area contributed by atoms with Crippen molar-refractivity contribution in [1.82, 2.24) is 15.5 Å². The van der Waals surface area contributed by atoms with Crippen molar-refractivity contribution in [3.8, 4) is 5.75 Å². The Morgan fingerprint density at radius 1 is 1.05 bits per heavy atom. The molecule has 1 fully saturated rings. The summed E-state index contributed by atoms with van der Waals surface area (Å²) in [4.78, 5) is 42.8. The zero-order valence-corrected chi connectivity index (χ0v) is 24.8. The molecule has 0 spiro atoms. The maximum atomic E-state index is 14.4. The highest BCUT2D eigenvalue weighted by molar-refractivity contribution is 5.93. The first-order valence-electron chi connectivity index (χ1n) is 14.3. The van der Waals surface area contributed by atoms with Crippen LogP contribution in [-0.4, -0.2) is 52.1 Å². The predicted octanol–water partition coefficient (Wildman–Crippen LogP) is 5.48. The fraction of sp³-hybridized carbons (Fsp3) is 0.531. The molecule has 0 aliphatic heterocycles. The summed E-state index contributed by atoms with van der Waals surface area (Å²) in [6, 6.07) is 10.6. The smallest absolute Gasteiger partial charge is 0.408 e. The van der Waals surface area contributed by atoms with Crippen molar-refractivity contribution in [3.05, 3.63) is 64.7 Å². The number of benzene rings is 2. The van der Waals surface area contributed by atoms with Crippen molar-refractivity contribution < 1.29 is 24.2 Å². The highest BCUT2D eigenvalue weighted by Crippen LogP contribution is 2.37. The number of unbranched alkanes of at least 4 members (excludes halogenated alkanes) is 2. The molecule has 8 heteroatoms. The van der Waals surface area contributed by atoms with Gasteiger partial charge in [-0.25, -0.2) is 4.79 Å². The fourth-order valence-corrected chi connectivity index (χ4v) is 4.72. The molecule has 8 nitrogen and oxygen atoms in total. The number of nitrogens with one attached hydrogen (secondary N) is 2. The summed E-state index contributed by atoms with van der Waals surface area (Å²) in [5.74, 6) is -0.442. The lowest BCUT2D eigenvalue weighted by Crippen LogP contribution is -2.54. The lowest BCUT2D eigenvalue weighted by Gasteiger charge is -2.35. The van der Waals surface area contributed by atoms with E-state index in [4.69, 9.17) is 4.74 Å². The number of phenolic OH excluding ortho intramolecular Hbond substituents is 1. The molecule has 0 radical (unpaired) electrons. The molecule has 1 aliphatic rings. The number of hydrogen-bond acceptors (Lipinski definition) is 5. The third-order valence-corrected chi connectivity index (χ3v) is 6.90. The minimum absolute atomic E-state index is 0.110. The van der Waals surface area contributed by atoms with Gasteiger partial charge in [0.05, 0.1) is 0 Å². The largest absolute Gasteiger partial charge is 0.508 e. The van der Waals surface area contributed by atoms with Crippen LogP contribution in [0, 0.1) is 13.8 Å². The summed E-state index contributed by atoms with van der Waals surface area (Å²) < 4.78 is 5.49. The lowest BCUT2D eigenvalue weighted by atomic mass is 9.95. The van der Waals surface area contributed by atoms with Crippen molar-refractivity contribution in [3.63, 3.8) is 0 Å². The van der Waals surface area contributed by atoms with Gasteiger partial charge in [-0.3, -0.25) is 9.59 Å². The standard InChI is InChI=1S/C32H45N3O5/c1-7-8-9-18-33-29(37)28(26-19-21(2)10-11-22(26)3)35(24-14-15-24)30(38)27(34-31(39)40-32(4,5)6)20-23-12-16-25(36)17-13-23/h10-13,16-17,19,24,27-28,36H,7-9,14-15,18,20H2,1-6H3,(H,33,37)(H,34,39). The Morgan fingerprint density at radius 2 is 1.73 bits per heavy atom. The topological polar surface area (TPSA) is 108 Å². The Balaban J connectivity index is 2.00. The zero-order chi connectivity index (χ0) is 29.4. The fourth-order valence-electron chi connectivity index (χ4n) is 4.72. The SMILES string of the molecule is CCCCCNC(=O)C(c1cc(C)ccc1C)N(C(=O)C(Cc1ccc(O)cc1)NC(=O)OC(C)(C)C)C1CC1. The van der Waals surface area contributed by atoms with Crippen molar-refractivity contribution >= 4 is 17.9 Å². The number of carbonyl (C=O) groups excluding carboxylic acids is 3. The number of hydrogen-bond donors (Lipinski definition) is 3. The number of carbonyl (C=O) groups is 3. The molecule has 2 atom stereocenters. The summed E-state index contributed by atoms with van der Waals surface area (Å²) in [5, 5.41) is 15.6. The first-order valence-corrected chi connectivity index (χ1v) is 14.3. The second-order valence-corrected chi connectivity index (χ2v) is 11.8. The number of alkyl carbamates (subject to hydrolysis) is 1. The van der Waals surface area contributed by atoms with Crippen LogP contribution in [0.5, 0.6) is 5.75 Å². The summed E-state index contributed by atoms with van der Waals surface area (Å²) in [6.45, 7) is 11.9. The van der Waals surface area contributed by atoms with Crippen LogP contribution in [0.2, 0.25) is 0 Å². The minimum Gasteiger partial charge on any atom is -0.508 e. The van der Waals surface area contributed by atoms with Crippen LogP contribution in [-0.2, 0) is 20.7 Å². The Bertz CT molecular complexity index is 1170. The number of amides is 3. The molecule has 3 rings (SSSR count). The van der Waals surface area contributed by atoms with E-state index in [2.05, 4.69) is 17.6 Å². The molecule has 0 bridgehead atoms. The highest BCUT2D eigenvalue weighted by Gasteiger charge is 2.44. The normalized spacial score (nSPS) is 14.7. The summed E-state index contributed by atoms with van der Waals surface area (Å²) >= 11 is 0. The number of nitrogens with zero attached hydrogens (tertiary/aromatic N) is 1. The Hall–Kier alpha value is -3.55. The van der Waals surface area contributed by atoms with E-state index >= 15 is 0 Å². The van der Waals surface area contributed by atoms with E-state index in [1.54, 1.807) is 49.9 Å². The molecular weight excluding hydrogens is 506 g/mol. The molecule has 2 aromatic rings. The number of rotatable bonds is 12. The molecular formula is C32H45N3O5. The van der Waals surface area contributed by atoms with E-state index in [1.807, 2.05) is 32.0 Å². The molecule has 3 N–H and O–H groups in total. The molecule has 218 valence electrons. The Labute approximate surface area is 238 Å². The molecule has 0 heterocycles. The van der Waals surface area contributed by atoms with Gasteiger partial charge in [0.15, 0.2) is 0 Å². The zero-order valence-electron chi connectivity index (χ0n) is 24.8. The highest BCUT2D eigenvalue weighted by atomic mass is 16.6. The third-order valence-electron chi connectivity index (χ3n) is 6.90. The molecule has 0 aromatic heterocycles. The first kappa shape index (κ1) is 31.0. The van der Waals surface area contributed by atoms with Crippen molar-refractivity contribution in [2.75, 3.05) is 6.54 Å². The van der Waals surface area contributed by atoms with Gasteiger partial charge in [0.1, 0.15) is 23.4 Å². The molecule has 40 heavy (non-hydrogen) atoms. The molecule has 1 saturated carbocycles. The van der Waals surface area contributed by atoms with Gasteiger partial charge < -0.3 is 25.4 Å². The maximum Gasteiger partial charge on any atom is 0.408 e. The van der Waals surface area contributed by atoms with Crippen LogP contribution in [0.3, 0.4) is 0 Å². The molecule has 0 saturated heterocycles. The van der Waals surface area contributed by atoms with Crippen LogP contribution in [0.15, 0.2) is 42.5 Å². The monoisotopic (exact) mass is 551 g/mol. The van der Waals surface area contributed by atoms with Gasteiger partial charge >= 0.3 is 6.09 Å². The number of aromatic hydroxyl groups is 1. The van der Waals surface area contributed by atoms with Crippen molar-refractivity contribution in [1.29, 1.82) is 0 Å². The van der Waals surface area contributed by atoms with Gasteiger partial charge in [0.25, 0.3) is 0 Å². The van der Waals surface area contributed by atoms with E-state index in [9.17, 15) is 19.5 Å². The number of ether oxygens (including phenoxy) is 1. The quantitative estimate of drug-likeness (QED) is 0.303. The van der Waals surface area contributed by atoms with Gasteiger partial charge in [-0.1, -0.05) is 55.7 Å². The van der Waals surface area contributed by atoms with E-state index in [0.717, 1.165) is 54.4 Å². The van der Waals surface area contributed by atoms with Crippen molar-refractivity contribution in [2.24, 2.45) is 0 Å². The van der Waals surface area contributed by atoms with Gasteiger partial charge in [-0.15, -0.1) is 0 Å². The van der Waals surface area contributed by atoms with E-state index in [-0.39, 0.29) is 30.0 Å². The molecule has 3 amide bonds. The molecule has 1 aliphatic carbocycles. The predicted molar refractivity (Wildman–Crippen MR) is 156 cm³/mol. The van der Waals surface area contributed by atoms with Crippen LogP contribution < -0.4 is 10.6 Å². The van der Waals surface area contributed by atoms with E-state index < -0.39 is 23.8 Å². The van der Waals surface area contributed by atoms with Crippen LogP contribution >= 0.6 is 0 Å². The Morgan fingerprint density at radius 3 is 2.33 bits per heavy atom. The molecule has 2 aromatic carbocycles. The van der Waals surface area contributed by atoms with Crippen molar-refractivity contribution in [2.45, 2.75) is 104 Å². The molecule has 2 unspecified atom stereocenters.